The van der Waals surface area contributed by atoms with Gasteiger partial charge in [-0.2, -0.15) is 0 Å². The van der Waals surface area contributed by atoms with Gasteiger partial charge in [-0.1, -0.05) is 42.5 Å². The van der Waals surface area contributed by atoms with E-state index >= 15 is 0 Å². The molecule has 74 valence electrons. The van der Waals surface area contributed by atoms with Crippen LogP contribution in [-0.2, 0) is 4.79 Å². The zero-order valence-electron chi connectivity index (χ0n) is 8.01. The summed E-state index contributed by atoms with van der Waals surface area (Å²) in [5.74, 6) is -0.578. The van der Waals surface area contributed by atoms with E-state index in [1.165, 1.54) is 6.08 Å². The third kappa shape index (κ3) is 1.12. The van der Waals surface area contributed by atoms with Crippen LogP contribution in [0.25, 0.3) is 12.2 Å². The van der Waals surface area contributed by atoms with E-state index in [9.17, 15) is 9.90 Å². The third-order valence-corrected chi connectivity index (χ3v) is 3.01. The fourth-order valence-electron chi connectivity index (χ4n) is 2.31. The van der Waals surface area contributed by atoms with E-state index in [1.807, 2.05) is 24.3 Å². The Hall–Kier alpha value is -1.67. The van der Waals surface area contributed by atoms with Gasteiger partial charge in [0.1, 0.15) is 0 Å². The molecule has 0 fully saturated rings. The van der Waals surface area contributed by atoms with Crippen molar-refractivity contribution < 1.29 is 9.90 Å². The number of carbonyl (C=O) groups excluding carboxylic acids is 1. The van der Waals surface area contributed by atoms with Crippen molar-refractivity contribution >= 4 is 17.9 Å². The molecule has 1 aromatic rings. The number of hydrogen-bond donors (Lipinski definition) is 0. The molecule has 2 aliphatic carbocycles. The van der Waals surface area contributed by atoms with Gasteiger partial charge in [0.15, 0.2) is 5.78 Å². The second-order valence-corrected chi connectivity index (χ2v) is 3.89. The standard InChI is InChI=1S/C13H9O2/c14-10-6-4-8-2-1-3-9-5-7-11(15)13(10)12(8)9/h1-7,10,13H/q-1. The second kappa shape index (κ2) is 2.91. The van der Waals surface area contributed by atoms with Crippen LogP contribution in [0.3, 0.4) is 0 Å². The molecule has 3 rings (SSSR count). The topological polar surface area (TPSA) is 40.1 Å². The maximum absolute atomic E-state index is 11.7. The van der Waals surface area contributed by atoms with Crippen LogP contribution < -0.4 is 5.11 Å². The van der Waals surface area contributed by atoms with Crippen molar-refractivity contribution in [2.24, 2.45) is 0 Å². The largest absolute Gasteiger partial charge is 0.848 e. The van der Waals surface area contributed by atoms with E-state index in [1.54, 1.807) is 12.2 Å². The molecule has 0 amide bonds. The lowest BCUT2D eigenvalue weighted by Crippen LogP contribution is -2.38. The fraction of sp³-hybridized carbons (Fsp3) is 0.154. The minimum absolute atomic E-state index is 0.0701. The van der Waals surface area contributed by atoms with E-state index in [0.717, 1.165) is 16.7 Å². The maximum Gasteiger partial charge on any atom is 0.162 e. The summed E-state index contributed by atoms with van der Waals surface area (Å²) >= 11 is 0. The summed E-state index contributed by atoms with van der Waals surface area (Å²) < 4.78 is 0. The Morgan fingerprint density at radius 3 is 2.60 bits per heavy atom. The zero-order chi connectivity index (χ0) is 10.4. The van der Waals surface area contributed by atoms with Crippen LogP contribution in [0.1, 0.15) is 22.6 Å². The van der Waals surface area contributed by atoms with Gasteiger partial charge in [-0.15, -0.1) is 0 Å². The lowest BCUT2D eigenvalue weighted by atomic mass is 9.77. The Morgan fingerprint density at radius 1 is 1.07 bits per heavy atom. The molecule has 0 heterocycles. The first-order chi connectivity index (χ1) is 7.27. The quantitative estimate of drug-likeness (QED) is 0.625. The molecule has 0 saturated heterocycles. The maximum atomic E-state index is 11.7. The molecule has 2 atom stereocenters. The first-order valence-electron chi connectivity index (χ1n) is 4.96. The molecular weight excluding hydrogens is 188 g/mol. The molecule has 0 radical (unpaired) electrons. The van der Waals surface area contributed by atoms with Gasteiger partial charge in [0, 0.05) is 5.92 Å². The molecule has 0 N–H and O–H groups in total. The van der Waals surface area contributed by atoms with E-state index in [0.29, 0.717) is 0 Å². The first-order valence-corrected chi connectivity index (χ1v) is 4.96. The number of carbonyl (C=O) groups is 1. The molecule has 2 heteroatoms. The van der Waals surface area contributed by atoms with Crippen molar-refractivity contribution in [3.05, 3.63) is 47.0 Å². The molecule has 0 aliphatic heterocycles. The van der Waals surface area contributed by atoms with Gasteiger partial charge in [-0.05, 0) is 22.8 Å². The molecule has 2 nitrogen and oxygen atoms in total. The number of benzene rings is 1. The highest BCUT2D eigenvalue weighted by Crippen LogP contribution is 2.36. The van der Waals surface area contributed by atoms with Crippen LogP contribution in [0, 0.1) is 0 Å². The monoisotopic (exact) mass is 197 g/mol. The highest BCUT2D eigenvalue weighted by atomic mass is 16.3. The van der Waals surface area contributed by atoms with E-state index < -0.39 is 12.0 Å². The normalized spacial score (nSPS) is 26.6. The zero-order valence-corrected chi connectivity index (χ0v) is 8.01. The minimum atomic E-state index is -0.934. The predicted molar refractivity (Wildman–Crippen MR) is 56.0 cm³/mol. The summed E-state index contributed by atoms with van der Waals surface area (Å²) in [4.78, 5) is 11.7. The second-order valence-electron chi connectivity index (χ2n) is 3.89. The number of rotatable bonds is 0. The highest BCUT2D eigenvalue weighted by molar-refractivity contribution is 6.03. The van der Waals surface area contributed by atoms with Gasteiger partial charge in [0.05, 0.1) is 0 Å². The summed E-state index contributed by atoms with van der Waals surface area (Å²) in [5.41, 5.74) is 2.91. The Balaban J connectivity index is 2.32. The van der Waals surface area contributed by atoms with Crippen molar-refractivity contribution in [1.82, 2.24) is 0 Å². The van der Waals surface area contributed by atoms with E-state index in [-0.39, 0.29) is 5.78 Å². The van der Waals surface area contributed by atoms with Crippen molar-refractivity contribution in [2.45, 2.75) is 12.0 Å². The van der Waals surface area contributed by atoms with Crippen molar-refractivity contribution in [1.29, 1.82) is 0 Å². The van der Waals surface area contributed by atoms with Gasteiger partial charge in [-0.25, -0.2) is 0 Å². The van der Waals surface area contributed by atoms with E-state index in [2.05, 4.69) is 0 Å². The fourth-order valence-corrected chi connectivity index (χ4v) is 2.31. The third-order valence-electron chi connectivity index (χ3n) is 3.01. The van der Waals surface area contributed by atoms with Gasteiger partial charge < -0.3 is 5.11 Å². The summed E-state index contributed by atoms with van der Waals surface area (Å²) in [6.07, 6.45) is 5.77. The van der Waals surface area contributed by atoms with Gasteiger partial charge in [-0.3, -0.25) is 4.79 Å². The average molecular weight is 197 g/mol. The van der Waals surface area contributed by atoms with Crippen molar-refractivity contribution in [3.8, 4) is 0 Å². The van der Waals surface area contributed by atoms with Crippen LogP contribution in [0.5, 0.6) is 0 Å². The lowest BCUT2D eigenvalue weighted by molar-refractivity contribution is -0.405. The van der Waals surface area contributed by atoms with Gasteiger partial charge in [0.2, 0.25) is 0 Å². The lowest BCUT2D eigenvalue weighted by Gasteiger charge is -2.35. The minimum Gasteiger partial charge on any atom is -0.848 e. The summed E-state index contributed by atoms with van der Waals surface area (Å²) in [6, 6.07) is 5.84. The van der Waals surface area contributed by atoms with Crippen LogP contribution in [0.4, 0.5) is 0 Å². The summed E-state index contributed by atoms with van der Waals surface area (Å²) in [6.45, 7) is 0. The number of ketones is 1. The molecular formula is C13H9O2-. The van der Waals surface area contributed by atoms with Gasteiger partial charge in [0.25, 0.3) is 0 Å². The summed E-state index contributed by atoms with van der Waals surface area (Å²) in [7, 11) is 0. The SMILES string of the molecule is O=C1C=Cc2cccc3c2C1C([O-])C=C3. The van der Waals surface area contributed by atoms with Crippen molar-refractivity contribution in [2.75, 3.05) is 0 Å². The van der Waals surface area contributed by atoms with Crippen LogP contribution in [0.2, 0.25) is 0 Å². The Labute approximate surface area is 87.6 Å². The Kier molecular flexibility index (Phi) is 1.67. The molecule has 1 aromatic carbocycles. The molecule has 15 heavy (non-hydrogen) atoms. The van der Waals surface area contributed by atoms with E-state index in [4.69, 9.17) is 0 Å². The first kappa shape index (κ1) is 8.62. The van der Waals surface area contributed by atoms with Crippen LogP contribution in [-0.4, -0.2) is 11.9 Å². The van der Waals surface area contributed by atoms with Crippen LogP contribution in [0.15, 0.2) is 30.4 Å². The van der Waals surface area contributed by atoms with Crippen molar-refractivity contribution in [3.63, 3.8) is 0 Å². The highest BCUT2D eigenvalue weighted by Gasteiger charge is 2.28. The van der Waals surface area contributed by atoms with Crippen LogP contribution >= 0.6 is 0 Å². The predicted octanol–water partition coefficient (Wildman–Crippen LogP) is 1.12. The molecule has 2 aliphatic rings. The molecule has 0 bridgehead atoms. The Morgan fingerprint density at radius 2 is 1.80 bits per heavy atom. The smallest absolute Gasteiger partial charge is 0.162 e. The average Bonchev–Trinajstić information content (AvgIpc) is 2.25. The molecule has 2 unspecified atom stereocenters. The number of allylic oxidation sites excluding steroid dienone is 1. The Bertz CT molecular complexity index is 497. The van der Waals surface area contributed by atoms with Gasteiger partial charge >= 0.3 is 0 Å². The molecule has 0 spiro atoms. The molecule has 0 aromatic heterocycles. The summed E-state index contributed by atoms with van der Waals surface area (Å²) in [5, 5.41) is 11.7. The number of hydrogen-bond acceptors (Lipinski definition) is 2. The molecule has 0 saturated carbocycles.